The second kappa shape index (κ2) is 11.5. The molecule has 0 bridgehead atoms. The van der Waals surface area contributed by atoms with Gasteiger partial charge in [-0.1, -0.05) is 12.8 Å². The fraction of sp³-hybridized carbons (Fsp3) is 0.696. The van der Waals surface area contributed by atoms with Crippen LogP contribution in [0, 0.1) is 11.8 Å². The molecule has 0 aromatic heterocycles. The predicted octanol–water partition coefficient (Wildman–Crippen LogP) is 2.70. The largest absolute Gasteiger partial charge is 0.491 e. The highest BCUT2D eigenvalue weighted by atomic mass is 16.5. The lowest BCUT2D eigenvalue weighted by Crippen LogP contribution is -2.48. The first-order valence-corrected chi connectivity index (χ1v) is 11.1. The number of hydrogen-bond donors (Lipinski definition) is 2. The number of hydrogen-bond acceptors (Lipinski definition) is 5. The number of aliphatic hydroxyl groups excluding tert-OH is 1. The van der Waals surface area contributed by atoms with Crippen molar-refractivity contribution < 1.29 is 19.4 Å². The van der Waals surface area contributed by atoms with Crippen LogP contribution in [0.3, 0.4) is 0 Å². The van der Waals surface area contributed by atoms with Crippen LogP contribution in [0.15, 0.2) is 24.3 Å². The van der Waals surface area contributed by atoms with E-state index in [1.807, 2.05) is 24.3 Å². The molecule has 1 aromatic carbocycles. The molecular weight excluding hydrogens is 368 g/mol. The topological polar surface area (TPSA) is 71.0 Å². The van der Waals surface area contributed by atoms with Gasteiger partial charge in [0.2, 0.25) is 0 Å². The van der Waals surface area contributed by atoms with Crippen molar-refractivity contribution >= 4 is 5.91 Å². The molecule has 1 aliphatic heterocycles. The fourth-order valence-electron chi connectivity index (χ4n) is 4.61. The molecule has 1 amide bonds. The van der Waals surface area contributed by atoms with Crippen molar-refractivity contribution in [2.45, 2.75) is 44.6 Å². The maximum absolute atomic E-state index is 12.8. The van der Waals surface area contributed by atoms with Crippen LogP contribution in [0.1, 0.15) is 48.9 Å². The van der Waals surface area contributed by atoms with E-state index in [1.54, 1.807) is 7.11 Å². The van der Waals surface area contributed by atoms with Gasteiger partial charge in [-0.3, -0.25) is 4.79 Å². The number of carbonyl (C=O) groups is 1. The van der Waals surface area contributed by atoms with Gasteiger partial charge >= 0.3 is 0 Å². The first-order chi connectivity index (χ1) is 14.2. The first-order valence-electron chi connectivity index (χ1n) is 11.1. The summed E-state index contributed by atoms with van der Waals surface area (Å²) >= 11 is 0. The summed E-state index contributed by atoms with van der Waals surface area (Å²) in [5.74, 6) is 1.64. The van der Waals surface area contributed by atoms with E-state index >= 15 is 0 Å². The summed E-state index contributed by atoms with van der Waals surface area (Å²) in [6, 6.07) is 7.55. The molecule has 29 heavy (non-hydrogen) atoms. The Morgan fingerprint density at radius 2 is 1.93 bits per heavy atom. The van der Waals surface area contributed by atoms with Crippen LogP contribution in [0.2, 0.25) is 0 Å². The van der Waals surface area contributed by atoms with Gasteiger partial charge in [-0.25, -0.2) is 0 Å². The van der Waals surface area contributed by atoms with E-state index in [2.05, 4.69) is 10.2 Å². The molecule has 1 aliphatic carbocycles. The van der Waals surface area contributed by atoms with E-state index in [-0.39, 0.29) is 18.6 Å². The van der Waals surface area contributed by atoms with Gasteiger partial charge in [0.25, 0.3) is 5.91 Å². The van der Waals surface area contributed by atoms with Gasteiger partial charge in [-0.2, -0.15) is 0 Å². The number of carbonyl (C=O) groups excluding carboxylic acids is 1. The van der Waals surface area contributed by atoms with Crippen LogP contribution >= 0.6 is 0 Å². The summed E-state index contributed by atoms with van der Waals surface area (Å²) in [6.45, 7) is 4.44. The highest BCUT2D eigenvalue weighted by Gasteiger charge is 2.30. The van der Waals surface area contributed by atoms with E-state index in [0.29, 0.717) is 30.6 Å². The van der Waals surface area contributed by atoms with Crippen molar-refractivity contribution in [2.75, 3.05) is 46.6 Å². The second-order valence-corrected chi connectivity index (χ2v) is 8.44. The first kappa shape index (κ1) is 22.1. The van der Waals surface area contributed by atoms with Crippen LogP contribution in [0.4, 0.5) is 0 Å². The molecule has 3 atom stereocenters. The Balaban J connectivity index is 1.53. The maximum Gasteiger partial charge on any atom is 0.251 e. The van der Waals surface area contributed by atoms with Gasteiger partial charge in [0, 0.05) is 38.4 Å². The molecule has 6 nitrogen and oxygen atoms in total. The second-order valence-electron chi connectivity index (χ2n) is 8.44. The van der Waals surface area contributed by atoms with E-state index < -0.39 is 0 Å². The monoisotopic (exact) mass is 404 g/mol. The molecular formula is C23H36N2O4. The fourth-order valence-corrected chi connectivity index (χ4v) is 4.61. The molecule has 2 N–H and O–H groups in total. The average Bonchev–Trinajstić information content (AvgIpc) is 2.76. The molecule has 2 fully saturated rings. The molecule has 0 spiro atoms. The summed E-state index contributed by atoms with van der Waals surface area (Å²) < 4.78 is 10.6. The third-order valence-electron chi connectivity index (χ3n) is 6.25. The van der Waals surface area contributed by atoms with Crippen LogP contribution in [0.5, 0.6) is 5.75 Å². The lowest BCUT2D eigenvalue weighted by atomic mass is 9.83. The Hall–Kier alpha value is -1.63. The maximum atomic E-state index is 12.8. The van der Waals surface area contributed by atoms with E-state index in [1.165, 1.54) is 12.8 Å². The molecule has 0 unspecified atom stereocenters. The Kier molecular flexibility index (Phi) is 8.77. The van der Waals surface area contributed by atoms with Gasteiger partial charge in [0.15, 0.2) is 0 Å². The zero-order chi connectivity index (χ0) is 20.5. The molecule has 1 aromatic rings. The average molecular weight is 405 g/mol. The summed E-state index contributed by atoms with van der Waals surface area (Å²) in [6.07, 6.45) is 6.91. The number of nitrogens with one attached hydrogen (secondary N) is 1. The van der Waals surface area contributed by atoms with Crippen molar-refractivity contribution in [1.82, 2.24) is 10.2 Å². The third kappa shape index (κ3) is 6.69. The van der Waals surface area contributed by atoms with E-state index in [9.17, 15) is 9.90 Å². The molecule has 2 aliphatic rings. The van der Waals surface area contributed by atoms with E-state index in [0.717, 1.165) is 51.1 Å². The van der Waals surface area contributed by atoms with Crippen molar-refractivity contribution in [2.24, 2.45) is 11.8 Å². The zero-order valence-corrected chi connectivity index (χ0v) is 17.6. The number of rotatable bonds is 9. The van der Waals surface area contributed by atoms with Gasteiger partial charge in [-0.15, -0.1) is 0 Å². The highest BCUT2D eigenvalue weighted by Crippen LogP contribution is 2.27. The lowest BCUT2D eigenvalue weighted by molar-refractivity contribution is 0.0803. The molecule has 162 valence electrons. The molecule has 1 saturated carbocycles. The van der Waals surface area contributed by atoms with Crippen LogP contribution in [-0.4, -0.2) is 68.5 Å². The van der Waals surface area contributed by atoms with Crippen LogP contribution < -0.4 is 10.1 Å². The van der Waals surface area contributed by atoms with Crippen molar-refractivity contribution in [3.8, 4) is 5.75 Å². The smallest absolute Gasteiger partial charge is 0.251 e. The number of likely N-dealkylation sites (tertiary alicyclic amines) is 1. The van der Waals surface area contributed by atoms with Crippen LogP contribution in [-0.2, 0) is 4.74 Å². The Bertz CT molecular complexity index is 622. The minimum absolute atomic E-state index is 0.00257. The minimum Gasteiger partial charge on any atom is -0.491 e. The molecule has 0 radical (unpaired) electrons. The van der Waals surface area contributed by atoms with Crippen LogP contribution in [0.25, 0.3) is 0 Å². The quantitative estimate of drug-likeness (QED) is 0.619. The van der Waals surface area contributed by atoms with Crippen molar-refractivity contribution in [3.05, 3.63) is 29.8 Å². The number of benzene rings is 1. The molecule has 3 rings (SSSR count). The summed E-state index contributed by atoms with van der Waals surface area (Å²) in [4.78, 5) is 15.3. The number of nitrogens with zero attached hydrogens (tertiary/aromatic N) is 1. The third-order valence-corrected chi connectivity index (χ3v) is 6.25. The van der Waals surface area contributed by atoms with Gasteiger partial charge in [0.05, 0.1) is 6.61 Å². The standard InChI is InChI=1S/C23H36N2O4/c1-28-13-14-29-21-10-8-19(9-11-21)23(27)24-22-7-3-2-6-20(22)16-25-12-4-5-18(15-25)17-26/h8-11,18,20,22,26H,2-7,12-17H2,1H3,(H,24,27)/t18-,20-,22+/m1/s1. The molecule has 1 saturated heterocycles. The number of methoxy groups -OCH3 is 1. The Morgan fingerprint density at radius 3 is 2.69 bits per heavy atom. The van der Waals surface area contributed by atoms with Gasteiger partial charge in [0.1, 0.15) is 12.4 Å². The van der Waals surface area contributed by atoms with Crippen molar-refractivity contribution in [3.63, 3.8) is 0 Å². The minimum atomic E-state index is -0.00257. The summed E-state index contributed by atoms with van der Waals surface area (Å²) in [5.41, 5.74) is 0.673. The van der Waals surface area contributed by atoms with Gasteiger partial charge < -0.3 is 24.8 Å². The molecule has 1 heterocycles. The zero-order valence-electron chi connectivity index (χ0n) is 17.6. The Morgan fingerprint density at radius 1 is 1.14 bits per heavy atom. The lowest BCUT2D eigenvalue weighted by Gasteiger charge is -2.39. The number of ether oxygens (including phenoxy) is 2. The SMILES string of the molecule is COCCOc1ccc(C(=O)N[C@H]2CCCC[C@@H]2CN2CCC[C@@H](CO)C2)cc1. The van der Waals surface area contributed by atoms with Crippen molar-refractivity contribution in [1.29, 1.82) is 0 Å². The Labute approximate surface area is 174 Å². The van der Waals surface area contributed by atoms with E-state index in [4.69, 9.17) is 9.47 Å². The summed E-state index contributed by atoms with van der Waals surface area (Å²) in [7, 11) is 1.64. The predicted molar refractivity (Wildman–Crippen MR) is 113 cm³/mol. The number of piperidine rings is 1. The normalized spacial score (nSPS) is 25.5. The number of aliphatic hydroxyl groups is 1. The van der Waals surface area contributed by atoms with Gasteiger partial charge in [-0.05, 0) is 68.3 Å². The summed E-state index contributed by atoms with van der Waals surface area (Å²) in [5, 5.41) is 12.8. The number of amides is 1. The highest BCUT2D eigenvalue weighted by molar-refractivity contribution is 5.94. The molecule has 6 heteroatoms.